The molecule has 2 N–H and O–H groups in total. The van der Waals surface area contributed by atoms with Gasteiger partial charge in [0.15, 0.2) is 5.11 Å². The third-order valence-electron chi connectivity index (χ3n) is 2.99. The van der Waals surface area contributed by atoms with Gasteiger partial charge in [-0.05, 0) is 61.6 Å². The minimum atomic E-state index is -0.552. The summed E-state index contributed by atoms with van der Waals surface area (Å²) < 4.78 is 31.9. The van der Waals surface area contributed by atoms with Crippen molar-refractivity contribution >= 4 is 28.7 Å². The van der Waals surface area contributed by atoms with E-state index < -0.39 is 11.6 Å². The largest absolute Gasteiger partial charge is 0.497 e. The molecule has 0 radical (unpaired) electrons. The number of hydrazone groups is 1. The molecule has 4 nitrogen and oxygen atoms in total. The van der Waals surface area contributed by atoms with Crippen molar-refractivity contribution in [1.29, 1.82) is 0 Å². The Kier molecular flexibility index (Phi) is 5.59. The van der Waals surface area contributed by atoms with E-state index in [-0.39, 0.29) is 16.4 Å². The first-order valence-corrected chi connectivity index (χ1v) is 7.11. The second kappa shape index (κ2) is 7.64. The molecule has 2 aromatic rings. The molecule has 0 aliphatic heterocycles. The van der Waals surface area contributed by atoms with Gasteiger partial charge in [-0.2, -0.15) is 5.10 Å². The van der Waals surface area contributed by atoms with E-state index >= 15 is 0 Å². The molecule has 120 valence electrons. The van der Waals surface area contributed by atoms with Crippen molar-refractivity contribution in [2.45, 2.75) is 6.92 Å². The molecule has 0 amide bonds. The molecule has 0 unspecified atom stereocenters. The third kappa shape index (κ3) is 4.72. The number of hydrogen-bond acceptors (Lipinski definition) is 3. The van der Waals surface area contributed by atoms with E-state index in [1.807, 2.05) is 0 Å². The predicted octanol–water partition coefficient (Wildman–Crippen LogP) is 3.68. The fourth-order valence-corrected chi connectivity index (χ4v) is 1.97. The van der Waals surface area contributed by atoms with E-state index in [1.54, 1.807) is 38.3 Å². The molecule has 7 heteroatoms. The van der Waals surface area contributed by atoms with Crippen LogP contribution in [-0.2, 0) is 0 Å². The van der Waals surface area contributed by atoms with Crippen LogP contribution in [0.5, 0.6) is 5.75 Å². The Morgan fingerprint density at radius 3 is 2.48 bits per heavy atom. The summed E-state index contributed by atoms with van der Waals surface area (Å²) >= 11 is 5.10. The molecule has 2 aromatic carbocycles. The first-order chi connectivity index (χ1) is 11.0. The summed E-state index contributed by atoms with van der Waals surface area (Å²) in [5.41, 5.74) is 3.69. The van der Waals surface area contributed by atoms with E-state index in [4.69, 9.17) is 17.0 Å². The number of hydrogen-bond donors (Lipinski definition) is 2. The molecule has 0 aliphatic rings. The van der Waals surface area contributed by atoms with E-state index in [0.29, 0.717) is 0 Å². The smallest absolute Gasteiger partial charge is 0.191 e. The van der Waals surface area contributed by atoms with Crippen molar-refractivity contribution in [2.24, 2.45) is 5.10 Å². The van der Waals surface area contributed by atoms with E-state index in [1.165, 1.54) is 0 Å². The first-order valence-electron chi connectivity index (χ1n) is 6.70. The monoisotopic (exact) mass is 335 g/mol. The molecular weight excluding hydrogens is 320 g/mol. The zero-order valence-electron chi connectivity index (χ0n) is 12.6. The predicted molar refractivity (Wildman–Crippen MR) is 90.9 cm³/mol. The zero-order chi connectivity index (χ0) is 16.8. The number of ether oxygens (including phenoxy) is 1. The summed E-state index contributed by atoms with van der Waals surface area (Å²) in [6, 6.07) is 10.3. The second-order valence-electron chi connectivity index (χ2n) is 4.62. The minimum absolute atomic E-state index is 0.0738. The lowest BCUT2D eigenvalue weighted by Crippen LogP contribution is -2.25. The van der Waals surface area contributed by atoms with E-state index in [9.17, 15) is 8.78 Å². The molecule has 0 heterocycles. The quantitative estimate of drug-likeness (QED) is 0.508. The number of benzene rings is 2. The van der Waals surface area contributed by atoms with Gasteiger partial charge >= 0.3 is 0 Å². The van der Waals surface area contributed by atoms with E-state index in [2.05, 4.69) is 15.8 Å². The molecule has 0 spiro atoms. The Labute approximate surface area is 138 Å². The molecule has 0 atom stereocenters. The average Bonchev–Trinajstić information content (AvgIpc) is 2.55. The SMILES string of the molecule is COc1ccc(NC(=S)N/N=C(/C)c2cc(F)ccc2F)cc1. The van der Waals surface area contributed by atoms with Gasteiger partial charge in [-0.15, -0.1) is 0 Å². The lowest BCUT2D eigenvalue weighted by Gasteiger charge is -2.09. The fraction of sp³-hybridized carbons (Fsp3) is 0.125. The van der Waals surface area contributed by atoms with Crippen molar-refractivity contribution in [3.05, 3.63) is 59.7 Å². The minimum Gasteiger partial charge on any atom is -0.497 e. The van der Waals surface area contributed by atoms with Crippen molar-refractivity contribution in [3.63, 3.8) is 0 Å². The highest BCUT2D eigenvalue weighted by Crippen LogP contribution is 2.15. The van der Waals surface area contributed by atoms with Gasteiger partial charge in [0.25, 0.3) is 0 Å². The first kappa shape index (κ1) is 16.8. The van der Waals surface area contributed by atoms with Crippen LogP contribution in [0.2, 0.25) is 0 Å². The van der Waals surface area contributed by atoms with Crippen LogP contribution in [0.3, 0.4) is 0 Å². The number of nitrogens with zero attached hydrogens (tertiary/aromatic N) is 1. The van der Waals surface area contributed by atoms with Gasteiger partial charge < -0.3 is 10.1 Å². The maximum Gasteiger partial charge on any atom is 0.191 e. The van der Waals surface area contributed by atoms with Crippen molar-refractivity contribution in [3.8, 4) is 5.75 Å². The van der Waals surface area contributed by atoms with Gasteiger partial charge in [0, 0.05) is 11.3 Å². The maximum atomic E-state index is 13.6. The summed E-state index contributed by atoms with van der Waals surface area (Å²) in [4.78, 5) is 0. The van der Waals surface area contributed by atoms with Crippen LogP contribution in [0.1, 0.15) is 12.5 Å². The Hall–Kier alpha value is -2.54. The maximum absolute atomic E-state index is 13.6. The molecule has 2 rings (SSSR count). The van der Waals surface area contributed by atoms with Crippen LogP contribution < -0.4 is 15.5 Å². The number of halogens is 2. The topological polar surface area (TPSA) is 45.6 Å². The number of rotatable bonds is 4. The molecule has 23 heavy (non-hydrogen) atoms. The third-order valence-corrected chi connectivity index (χ3v) is 3.18. The Morgan fingerprint density at radius 2 is 1.83 bits per heavy atom. The molecule has 0 bridgehead atoms. The molecular formula is C16H15F2N3OS. The Morgan fingerprint density at radius 1 is 1.13 bits per heavy atom. The van der Waals surface area contributed by atoms with Gasteiger partial charge in [0.2, 0.25) is 0 Å². The van der Waals surface area contributed by atoms with Crippen LogP contribution in [0.4, 0.5) is 14.5 Å². The van der Waals surface area contributed by atoms with Gasteiger partial charge in [-0.25, -0.2) is 8.78 Å². The summed E-state index contributed by atoms with van der Waals surface area (Å²) in [5, 5.41) is 7.10. The number of thiocarbonyl (C=S) groups is 1. The average molecular weight is 335 g/mol. The zero-order valence-corrected chi connectivity index (χ0v) is 13.4. The second-order valence-corrected chi connectivity index (χ2v) is 5.02. The molecule has 0 aromatic heterocycles. The number of anilines is 1. The number of methoxy groups -OCH3 is 1. The van der Waals surface area contributed by atoms with Crippen LogP contribution in [0.25, 0.3) is 0 Å². The Balaban J connectivity index is 2.00. The molecule has 0 saturated heterocycles. The lowest BCUT2D eigenvalue weighted by molar-refractivity contribution is 0.415. The van der Waals surface area contributed by atoms with Crippen LogP contribution in [0, 0.1) is 11.6 Å². The molecule has 0 fully saturated rings. The highest BCUT2D eigenvalue weighted by atomic mass is 32.1. The highest BCUT2D eigenvalue weighted by Gasteiger charge is 2.07. The van der Waals surface area contributed by atoms with E-state index in [0.717, 1.165) is 29.6 Å². The van der Waals surface area contributed by atoms with Crippen LogP contribution in [-0.4, -0.2) is 17.9 Å². The summed E-state index contributed by atoms with van der Waals surface area (Å²) in [6.45, 7) is 1.56. The van der Waals surface area contributed by atoms with Crippen molar-refractivity contribution in [1.82, 2.24) is 5.43 Å². The summed E-state index contributed by atoms with van der Waals surface area (Å²) in [7, 11) is 1.58. The standard InChI is InChI=1S/C16H15F2N3OS/c1-10(14-9-11(17)3-8-15(14)18)20-21-16(23)19-12-4-6-13(22-2)7-5-12/h3-9H,1-2H3,(H2,19,21,23)/b20-10-. The fourth-order valence-electron chi connectivity index (χ4n) is 1.80. The van der Waals surface area contributed by atoms with Crippen LogP contribution in [0.15, 0.2) is 47.6 Å². The number of nitrogens with one attached hydrogen (secondary N) is 2. The normalized spacial score (nSPS) is 11.0. The van der Waals surface area contributed by atoms with Gasteiger partial charge in [0.05, 0.1) is 12.8 Å². The highest BCUT2D eigenvalue weighted by molar-refractivity contribution is 7.80. The van der Waals surface area contributed by atoms with Crippen molar-refractivity contribution in [2.75, 3.05) is 12.4 Å². The van der Waals surface area contributed by atoms with Gasteiger partial charge in [-0.1, -0.05) is 0 Å². The lowest BCUT2D eigenvalue weighted by atomic mass is 10.1. The van der Waals surface area contributed by atoms with Crippen LogP contribution >= 0.6 is 12.2 Å². The van der Waals surface area contributed by atoms with Gasteiger partial charge in [0.1, 0.15) is 17.4 Å². The van der Waals surface area contributed by atoms with Gasteiger partial charge in [-0.3, -0.25) is 5.43 Å². The summed E-state index contributed by atoms with van der Waals surface area (Å²) in [6.07, 6.45) is 0. The van der Waals surface area contributed by atoms with Crippen molar-refractivity contribution < 1.29 is 13.5 Å². The molecule has 0 aliphatic carbocycles. The molecule has 0 saturated carbocycles. The Bertz CT molecular complexity index is 733. The summed E-state index contributed by atoms with van der Waals surface area (Å²) in [5.74, 6) is -0.358.